The number of carbonyl (C=O) groups excluding carboxylic acids is 1. The quantitative estimate of drug-likeness (QED) is 0.414. The molecule has 3 aromatic carbocycles. The number of halogens is 1. The highest BCUT2D eigenvalue weighted by atomic mass is 35.5. The number of carbonyl (C=O) groups is 1. The first-order valence-corrected chi connectivity index (χ1v) is 11.3. The minimum atomic E-state index is -0.434. The molecule has 0 saturated heterocycles. The van der Waals surface area contributed by atoms with Crippen molar-refractivity contribution in [1.82, 2.24) is 24.5 Å². The number of hydrogen-bond acceptors (Lipinski definition) is 4. The topological polar surface area (TPSA) is 81.3 Å². The zero-order chi connectivity index (χ0) is 23.8. The van der Waals surface area contributed by atoms with Crippen molar-refractivity contribution < 1.29 is 4.79 Å². The molecule has 7 nitrogen and oxygen atoms in total. The largest absolute Gasteiger partial charge is 0.345 e. The molecule has 0 fully saturated rings. The van der Waals surface area contributed by atoms with Gasteiger partial charge in [0.2, 0.25) is 11.5 Å². The zero-order valence-electron chi connectivity index (χ0n) is 18.7. The molecule has 0 aliphatic heterocycles. The fourth-order valence-corrected chi connectivity index (χ4v) is 4.09. The zero-order valence-corrected chi connectivity index (χ0v) is 19.5. The molecule has 0 aliphatic carbocycles. The Morgan fingerprint density at radius 1 is 1.00 bits per heavy atom. The number of fused-ring (bicyclic) bond motifs is 3. The first-order chi connectivity index (χ1) is 16.4. The van der Waals surface area contributed by atoms with Crippen molar-refractivity contribution in [2.45, 2.75) is 26.9 Å². The van der Waals surface area contributed by atoms with Crippen LogP contribution in [0, 0.1) is 13.8 Å². The molecule has 8 heteroatoms. The molecule has 0 saturated carbocycles. The van der Waals surface area contributed by atoms with Gasteiger partial charge in [-0.05, 0) is 60.4 Å². The summed E-state index contributed by atoms with van der Waals surface area (Å²) in [5.41, 5.74) is 5.21. The summed E-state index contributed by atoms with van der Waals surface area (Å²) in [6, 6.07) is 20.9. The monoisotopic (exact) mass is 471 g/mol. The molecule has 0 atom stereocenters. The fraction of sp³-hybridized carbons (Fsp3) is 0.154. The van der Waals surface area contributed by atoms with Crippen molar-refractivity contribution in [3.63, 3.8) is 0 Å². The highest BCUT2D eigenvalue weighted by Crippen LogP contribution is 2.18. The van der Waals surface area contributed by atoms with Crippen molar-refractivity contribution in [2.75, 3.05) is 0 Å². The summed E-state index contributed by atoms with van der Waals surface area (Å²) < 4.78 is 3.11. The summed E-state index contributed by atoms with van der Waals surface area (Å²) in [5.74, 6) is -0.479. The molecule has 1 amide bonds. The maximum Gasteiger partial charge on any atom is 0.296 e. The van der Waals surface area contributed by atoms with E-state index in [-0.39, 0.29) is 17.0 Å². The standard InChI is InChI=1S/C26H22ClN5O2/c1-16-7-12-21-22(13-16)31(15-18-8-10-20(27)11-9-18)26(34)24-29-23(30-32(21)24)25(33)28-14-19-6-4-3-5-17(19)2/h3-13H,14-15H2,1-2H3,(H,28,33). The van der Waals surface area contributed by atoms with E-state index in [0.717, 1.165) is 22.3 Å². The molecule has 2 aromatic heterocycles. The van der Waals surface area contributed by atoms with Crippen LogP contribution in [0.5, 0.6) is 0 Å². The van der Waals surface area contributed by atoms with Crippen LogP contribution < -0.4 is 10.9 Å². The Balaban J connectivity index is 1.57. The molecular formula is C26H22ClN5O2. The molecule has 0 radical (unpaired) electrons. The lowest BCUT2D eigenvalue weighted by atomic mass is 10.1. The number of amides is 1. The van der Waals surface area contributed by atoms with E-state index in [1.807, 2.05) is 68.4 Å². The van der Waals surface area contributed by atoms with Gasteiger partial charge in [-0.25, -0.2) is 4.52 Å². The van der Waals surface area contributed by atoms with Gasteiger partial charge in [-0.2, -0.15) is 4.98 Å². The third-order valence-corrected chi connectivity index (χ3v) is 6.10. The number of rotatable bonds is 5. The van der Waals surface area contributed by atoms with Gasteiger partial charge in [-0.3, -0.25) is 14.2 Å². The third kappa shape index (κ3) is 4.06. The van der Waals surface area contributed by atoms with Crippen molar-refractivity contribution >= 4 is 34.2 Å². The Labute approximate surface area is 200 Å². The van der Waals surface area contributed by atoms with Crippen molar-refractivity contribution in [1.29, 1.82) is 0 Å². The van der Waals surface area contributed by atoms with Crippen molar-refractivity contribution in [3.8, 4) is 0 Å². The smallest absolute Gasteiger partial charge is 0.296 e. The predicted molar refractivity (Wildman–Crippen MR) is 132 cm³/mol. The average Bonchev–Trinajstić information content (AvgIpc) is 3.28. The number of benzene rings is 3. The number of aryl methyl sites for hydroxylation is 2. The molecule has 0 bridgehead atoms. The van der Waals surface area contributed by atoms with Crippen LogP contribution in [-0.2, 0) is 13.1 Å². The van der Waals surface area contributed by atoms with Crippen LogP contribution in [0.25, 0.3) is 16.7 Å². The summed E-state index contributed by atoms with van der Waals surface area (Å²) in [6.07, 6.45) is 0. The average molecular weight is 472 g/mol. The first kappa shape index (κ1) is 21.9. The van der Waals surface area contributed by atoms with Gasteiger partial charge in [0.15, 0.2) is 0 Å². The third-order valence-electron chi connectivity index (χ3n) is 5.85. The van der Waals surface area contributed by atoms with Crippen LogP contribution in [0.2, 0.25) is 5.02 Å². The number of nitrogens with one attached hydrogen (secondary N) is 1. The van der Waals surface area contributed by atoms with Crippen LogP contribution in [0.1, 0.15) is 32.9 Å². The van der Waals surface area contributed by atoms with Gasteiger partial charge in [0, 0.05) is 11.6 Å². The summed E-state index contributed by atoms with van der Waals surface area (Å²) >= 11 is 6.02. The van der Waals surface area contributed by atoms with Crippen LogP contribution in [0.3, 0.4) is 0 Å². The lowest BCUT2D eigenvalue weighted by molar-refractivity contribution is 0.0941. The van der Waals surface area contributed by atoms with E-state index in [9.17, 15) is 9.59 Å². The molecule has 0 unspecified atom stereocenters. The Kier molecular flexibility index (Phi) is 5.63. The molecule has 0 spiro atoms. The Morgan fingerprint density at radius 3 is 2.53 bits per heavy atom. The van der Waals surface area contributed by atoms with Gasteiger partial charge in [0.1, 0.15) is 0 Å². The fourth-order valence-electron chi connectivity index (χ4n) is 3.97. The summed E-state index contributed by atoms with van der Waals surface area (Å²) in [4.78, 5) is 30.6. The second-order valence-electron chi connectivity index (χ2n) is 8.29. The molecule has 170 valence electrons. The summed E-state index contributed by atoms with van der Waals surface area (Å²) in [6.45, 7) is 4.64. The minimum Gasteiger partial charge on any atom is -0.345 e. The van der Waals surface area contributed by atoms with E-state index < -0.39 is 5.91 Å². The summed E-state index contributed by atoms with van der Waals surface area (Å²) in [7, 11) is 0. The van der Waals surface area contributed by atoms with Crippen LogP contribution in [0.4, 0.5) is 0 Å². The second-order valence-corrected chi connectivity index (χ2v) is 8.73. The normalized spacial score (nSPS) is 11.3. The van der Waals surface area contributed by atoms with E-state index in [2.05, 4.69) is 15.4 Å². The van der Waals surface area contributed by atoms with Gasteiger partial charge >= 0.3 is 0 Å². The van der Waals surface area contributed by atoms with Gasteiger partial charge in [0.25, 0.3) is 11.5 Å². The Hall–Kier alpha value is -3.97. The maximum absolute atomic E-state index is 13.5. The molecular weight excluding hydrogens is 450 g/mol. The van der Waals surface area contributed by atoms with Gasteiger partial charge < -0.3 is 5.32 Å². The highest BCUT2D eigenvalue weighted by molar-refractivity contribution is 6.30. The van der Waals surface area contributed by atoms with Gasteiger partial charge in [-0.1, -0.05) is 54.1 Å². The number of hydrogen-bond donors (Lipinski definition) is 1. The maximum atomic E-state index is 13.5. The highest BCUT2D eigenvalue weighted by Gasteiger charge is 2.19. The lowest BCUT2D eigenvalue weighted by Gasteiger charge is -2.12. The van der Waals surface area contributed by atoms with Crippen LogP contribution >= 0.6 is 11.6 Å². The molecule has 2 heterocycles. The van der Waals surface area contributed by atoms with E-state index in [4.69, 9.17) is 11.6 Å². The van der Waals surface area contributed by atoms with Crippen LogP contribution in [0.15, 0.2) is 71.5 Å². The Bertz CT molecular complexity index is 1600. The number of aromatic nitrogens is 4. The molecule has 1 N–H and O–H groups in total. The predicted octanol–water partition coefficient (Wildman–Crippen LogP) is 4.29. The second kappa shape index (κ2) is 8.76. The van der Waals surface area contributed by atoms with E-state index in [1.165, 1.54) is 4.52 Å². The molecule has 5 rings (SSSR count). The van der Waals surface area contributed by atoms with E-state index in [0.29, 0.717) is 29.1 Å². The molecule has 0 aliphatic rings. The minimum absolute atomic E-state index is 0.0446. The van der Waals surface area contributed by atoms with Crippen molar-refractivity contribution in [3.05, 3.63) is 110 Å². The lowest BCUT2D eigenvalue weighted by Crippen LogP contribution is -2.24. The van der Waals surface area contributed by atoms with E-state index >= 15 is 0 Å². The molecule has 5 aromatic rings. The van der Waals surface area contributed by atoms with Crippen LogP contribution in [-0.4, -0.2) is 25.1 Å². The number of nitrogens with zero attached hydrogens (tertiary/aromatic N) is 4. The first-order valence-electron chi connectivity index (χ1n) is 10.9. The SMILES string of the molecule is Cc1ccc2c(c1)n(Cc1ccc(Cl)cc1)c(=O)c1nc(C(=O)NCc3ccccc3C)nn12. The van der Waals surface area contributed by atoms with E-state index in [1.54, 1.807) is 16.7 Å². The van der Waals surface area contributed by atoms with Gasteiger partial charge in [-0.15, -0.1) is 5.10 Å². The molecule has 34 heavy (non-hydrogen) atoms. The van der Waals surface area contributed by atoms with Gasteiger partial charge in [0.05, 0.1) is 17.6 Å². The van der Waals surface area contributed by atoms with Crippen molar-refractivity contribution in [2.24, 2.45) is 0 Å². The summed E-state index contributed by atoms with van der Waals surface area (Å²) in [5, 5.41) is 7.87. The Morgan fingerprint density at radius 2 is 1.76 bits per heavy atom.